The summed E-state index contributed by atoms with van der Waals surface area (Å²) in [6, 6.07) is 7.28. The predicted octanol–water partition coefficient (Wildman–Crippen LogP) is 2.05. The fourth-order valence-electron chi connectivity index (χ4n) is 3.21. The van der Waals surface area contributed by atoms with Gasteiger partial charge in [0.2, 0.25) is 5.88 Å². The third-order valence-electron chi connectivity index (χ3n) is 4.82. The quantitative estimate of drug-likeness (QED) is 0.618. The summed E-state index contributed by atoms with van der Waals surface area (Å²) >= 11 is 0. The van der Waals surface area contributed by atoms with E-state index < -0.39 is 0 Å². The molecule has 30 heavy (non-hydrogen) atoms. The number of ether oxygens (including phenoxy) is 1. The van der Waals surface area contributed by atoms with Crippen molar-refractivity contribution in [1.82, 2.24) is 29.6 Å². The van der Waals surface area contributed by atoms with Gasteiger partial charge in [0.05, 0.1) is 12.2 Å². The summed E-state index contributed by atoms with van der Waals surface area (Å²) < 4.78 is 7.36. The smallest absolute Gasteiger partial charge is 0.255 e. The van der Waals surface area contributed by atoms with Crippen LogP contribution in [0.15, 0.2) is 49.2 Å². The molecule has 0 aromatic carbocycles. The molecule has 3 aromatic heterocycles. The Morgan fingerprint density at radius 1 is 1.10 bits per heavy atom. The topological polar surface area (TPSA) is 89.3 Å². The van der Waals surface area contributed by atoms with Crippen LogP contribution in [0, 0.1) is 5.92 Å². The normalized spacial score (nSPS) is 14.2. The Morgan fingerprint density at radius 3 is 2.60 bits per heavy atom. The lowest BCUT2D eigenvalue weighted by Gasteiger charge is -2.35. The predicted molar refractivity (Wildman–Crippen MR) is 112 cm³/mol. The van der Waals surface area contributed by atoms with Crippen molar-refractivity contribution in [3.8, 4) is 11.7 Å². The Balaban J connectivity index is 1.35. The maximum Gasteiger partial charge on any atom is 0.255 e. The van der Waals surface area contributed by atoms with Crippen LogP contribution in [0.5, 0.6) is 5.88 Å². The lowest BCUT2D eigenvalue weighted by atomic mass is 10.2. The minimum atomic E-state index is -0.0159. The number of aromatic nitrogens is 5. The SMILES string of the molecule is CC(C)COc1cc(N2CCN(C(=O)c3ccc(-n4cccn4)nc3)CC2)ncn1. The standard InChI is InChI=1S/C21H25N7O2/c1-16(2)14-30-20-12-19(23-15-24-20)26-8-10-27(11-9-26)21(29)17-4-5-18(22-13-17)28-7-3-6-25-28/h3-7,12-13,15-16H,8-11,14H2,1-2H3. The molecule has 4 rings (SSSR count). The molecule has 1 amide bonds. The number of rotatable bonds is 6. The molecule has 9 nitrogen and oxygen atoms in total. The van der Waals surface area contributed by atoms with Crippen LogP contribution in [-0.2, 0) is 0 Å². The second-order valence-corrected chi connectivity index (χ2v) is 7.55. The molecule has 1 aliphatic heterocycles. The monoisotopic (exact) mass is 407 g/mol. The minimum Gasteiger partial charge on any atom is -0.477 e. The van der Waals surface area contributed by atoms with Crippen LogP contribution in [0.2, 0.25) is 0 Å². The van der Waals surface area contributed by atoms with Gasteiger partial charge in [-0.1, -0.05) is 13.8 Å². The Bertz CT molecular complexity index is 965. The van der Waals surface area contributed by atoms with Gasteiger partial charge in [-0.25, -0.2) is 19.6 Å². The highest BCUT2D eigenvalue weighted by Gasteiger charge is 2.23. The number of carbonyl (C=O) groups excluding carboxylic acids is 1. The van der Waals surface area contributed by atoms with E-state index in [4.69, 9.17) is 4.74 Å². The van der Waals surface area contributed by atoms with E-state index in [0.717, 1.165) is 5.82 Å². The van der Waals surface area contributed by atoms with E-state index in [1.54, 1.807) is 29.2 Å². The van der Waals surface area contributed by atoms with Gasteiger partial charge in [-0.3, -0.25) is 4.79 Å². The molecule has 0 unspecified atom stereocenters. The molecule has 0 bridgehead atoms. The van der Waals surface area contributed by atoms with E-state index in [2.05, 4.69) is 38.8 Å². The first kappa shape index (κ1) is 19.8. The summed E-state index contributed by atoms with van der Waals surface area (Å²) in [6.07, 6.45) is 6.64. The van der Waals surface area contributed by atoms with Crippen LogP contribution >= 0.6 is 0 Å². The van der Waals surface area contributed by atoms with Gasteiger partial charge in [0.15, 0.2) is 5.82 Å². The van der Waals surface area contributed by atoms with Gasteiger partial charge in [-0.2, -0.15) is 5.10 Å². The van der Waals surface area contributed by atoms with Crippen LogP contribution in [0.3, 0.4) is 0 Å². The minimum absolute atomic E-state index is 0.0159. The van der Waals surface area contributed by atoms with Gasteiger partial charge >= 0.3 is 0 Å². The van der Waals surface area contributed by atoms with Crippen LogP contribution in [0.25, 0.3) is 5.82 Å². The Hall–Kier alpha value is -3.49. The Labute approximate surface area is 175 Å². The molecule has 9 heteroatoms. The molecular weight excluding hydrogens is 382 g/mol. The second kappa shape index (κ2) is 8.89. The zero-order valence-corrected chi connectivity index (χ0v) is 17.2. The Kier molecular flexibility index (Phi) is 5.87. The molecule has 1 fully saturated rings. The number of piperazine rings is 1. The van der Waals surface area contributed by atoms with E-state index in [1.807, 2.05) is 23.2 Å². The van der Waals surface area contributed by atoms with Crippen molar-refractivity contribution in [2.75, 3.05) is 37.7 Å². The summed E-state index contributed by atoms with van der Waals surface area (Å²) in [5.74, 6) is 2.50. The lowest BCUT2D eigenvalue weighted by molar-refractivity contribution is 0.0746. The molecule has 156 valence electrons. The van der Waals surface area contributed by atoms with Gasteiger partial charge < -0.3 is 14.5 Å². The number of hydrogen-bond donors (Lipinski definition) is 0. The molecular formula is C21H25N7O2. The molecule has 0 saturated carbocycles. The van der Waals surface area contributed by atoms with Crippen LogP contribution in [-0.4, -0.2) is 68.3 Å². The van der Waals surface area contributed by atoms with Crippen molar-refractivity contribution in [2.24, 2.45) is 5.92 Å². The lowest BCUT2D eigenvalue weighted by Crippen LogP contribution is -2.49. The number of nitrogens with zero attached hydrogens (tertiary/aromatic N) is 7. The first-order chi connectivity index (χ1) is 14.6. The number of pyridine rings is 1. The third kappa shape index (κ3) is 4.56. The van der Waals surface area contributed by atoms with Crippen molar-refractivity contribution in [3.63, 3.8) is 0 Å². The van der Waals surface area contributed by atoms with Crippen molar-refractivity contribution in [3.05, 3.63) is 54.7 Å². The van der Waals surface area contributed by atoms with Crippen LogP contribution < -0.4 is 9.64 Å². The highest BCUT2D eigenvalue weighted by Crippen LogP contribution is 2.19. The highest BCUT2D eigenvalue weighted by atomic mass is 16.5. The second-order valence-electron chi connectivity index (χ2n) is 7.55. The summed E-state index contributed by atoms with van der Waals surface area (Å²) in [7, 11) is 0. The van der Waals surface area contributed by atoms with Gasteiger partial charge in [0, 0.05) is 50.8 Å². The van der Waals surface area contributed by atoms with Gasteiger partial charge in [0.25, 0.3) is 5.91 Å². The summed E-state index contributed by atoms with van der Waals surface area (Å²) in [5, 5.41) is 4.15. The zero-order valence-electron chi connectivity index (χ0n) is 17.2. The van der Waals surface area contributed by atoms with Gasteiger partial charge in [-0.15, -0.1) is 0 Å². The molecule has 0 aliphatic carbocycles. The van der Waals surface area contributed by atoms with E-state index in [1.165, 1.54) is 6.33 Å². The number of hydrogen-bond acceptors (Lipinski definition) is 7. The van der Waals surface area contributed by atoms with E-state index in [-0.39, 0.29) is 5.91 Å². The number of carbonyl (C=O) groups is 1. The highest BCUT2D eigenvalue weighted by molar-refractivity contribution is 5.94. The molecule has 4 heterocycles. The number of amides is 1. The molecule has 0 N–H and O–H groups in total. The average Bonchev–Trinajstić information content (AvgIpc) is 3.33. The largest absolute Gasteiger partial charge is 0.477 e. The van der Waals surface area contributed by atoms with Crippen LogP contribution in [0.1, 0.15) is 24.2 Å². The van der Waals surface area contributed by atoms with Gasteiger partial charge in [-0.05, 0) is 24.1 Å². The van der Waals surface area contributed by atoms with E-state index in [9.17, 15) is 4.79 Å². The maximum absolute atomic E-state index is 12.8. The maximum atomic E-state index is 12.8. The first-order valence-electron chi connectivity index (χ1n) is 10.1. The Morgan fingerprint density at radius 2 is 1.93 bits per heavy atom. The molecule has 0 atom stereocenters. The molecule has 0 spiro atoms. The summed E-state index contributed by atoms with van der Waals surface area (Å²) in [4.78, 5) is 29.7. The zero-order chi connectivity index (χ0) is 20.9. The van der Waals surface area contributed by atoms with E-state index >= 15 is 0 Å². The number of anilines is 1. The first-order valence-corrected chi connectivity index (χ1v) is 10.1. The van der Waals surface area contributed by atoms with Crippen LogP contribution in [0.4, 0.5) is 5.82 Å². The summed E-state index contributed by atoms with van der Waals surface area (Å²) in [6.45, 7) is 7.44. The van der Waals surface area contributed by atoms with Gasteiger partial charge in [0.1, 0.15) is 12.1 Å². The van der Waals surface area contributed by atoms with Crippen molar-refractivity contribution >= 4 is 11.7 Å². The average molecular weight is 407 g/mol. The molecule has 1 aliphatic rings. The fourth-order valence-corrected chi connectivity index (χ4v) is 3.21. The molecule has 1 saturated heterocycles. The third-order valence-corrected chi connectivity index (χ3v) is 4.82. The van der Waals surface area contributed by atoms with Crippen molar-refractivity contribution in [2.45, 2.75) is 13.8 Å². The summed E-state index contributed by atoms with van der Waals surface area (Å²) in [5.41, 5.74) is 0.575. The van der Waals surface area contributed by atoms with Crippen molar-refractivity contribution in [1.29, 1.82) is 0 Å². The fraction of sp³-hybridized carbons (Fsp3) is 0.381. The van der Waals surface area contributed by atoms with E-state index in [0.29, 0.717) is 56.0 Å². The molecule has 0 radical (unpaired) electrons. The molecule has 3 aromatic rings. The van der Waals surface area contributed by atoms with Crippen molar-refractivity contribution < 1.29 is 9.53 Å².